The molecule has 0 fully saturated rings. The Balaban J connectivity index is 1.53. The fourth-order valence-electron chi connectivity index (χ4n) is 3.82. The van der Waals surface area contributed by atoms with Gasteiger partial charge < -0.3 is 24.8 Å². The molecule has 2 aromatic heterocycles. The van der Waals surface area contributed by atoms with E-state index >= 15 is 0 Å². The number of carbonyl (C=O) groups excluding carboxylic acids is 3. The van der Waals surface area contributed by atoms with Crippen LogP contribution in [-0.4, -0.2) is 29.9 Å². The summed E-state index contributed by atoms with van der Waals surface area (Å²) in [6, 6.07) is 9.38. The SMILES string of the molecule is COC(=O)c1cc(CNC(=O)c2cc3c([nH]c2=O)CCCC3)cc(NC(=O)c2ccco2)c1. The lowest BCUT2D eigenvalue weighted by Crippen LogP contribution is -2.30. The van der Waals surface area contributed by atoms with Crippen molar-refractivity contribution in [1.82, 2.24) is 10.3 Å². The first kappa shape index (κ1) is 22.1. The van der Waals surface area contributed by atoms with Crippen LogP contribution < -0.4 is 16.2 Å². The van der Waals surface area contributed by atoms with Crippen molar-refractivity contribution >= 4 is 23.5 Å². The van der Waals surface area contributed by atoms with Crippen LogP contribution in [0.25, 0.3) is 0 Å². The summed E-state index contributed by atoms with van der Waals surface area (Å²) in [5.41, 5.74) is 2.57. The molecule has 1 aromatic carbocycles. The molecule has 0 bridgehead atoms. The van der Waals surface area contributed by atoms with E-state index in [0.29, 0.717) is 11.3 Å². The van der Waals surface area contributed by atoms with Gasteiger partial charge in [0.15, 0.2) is 5.76 Å². The molecule has 0 radical (unpaired) electrons. The van der Waals surface area contributed by atoms with Crippen LogP contribution in [0.4, 0.5) is 5.69 Å². The number of furan rings is 1. The number of anilines is 1. The van der Waals surface area contributed by atoms with E-state index in [2.05, 4.69) is 15.6 Å². The van der Waals surface area contributed by atoms with E-state index in [-0.39, 0.29) is 23.4 Å². The van der Waals surface area contributed by atoms with Crippen molar-refractivity contribution in [2.24, 2.45) is 0 Å². The number of pyridine rings is 1. The number of aromatic nitrogens is 1. The number of nitrogens with one attached hydrogen (secondary N) is 3. The molecule has 3 N–H and O–H groups in total. The Labute approximate surface area is 189 Å². The first-order valence-electron chi connectivity index (χ1n) is 10.5. The number of methoxy groups -OCH3 is 1. The zero-order valence-electron chi connectivity index (χ0n) is 18.0. The molecule has 9 heteroatoms. The zero-order chi connectivity index (χ0) is 23.4. The molecule has 0 saturated carbocycles. The number of hydrogen-bond acceptors (Lipinski definition) is 6. The van der Waals surface area contributed by atoms with Gasteiger partial charge in [-0.2, -0.15) is 0 Å². The summed E-state index contributed by atoms with van der Waals surface area (Å²) in [6.07, 6.45) is 5.05. The number of rotatable bonds is 6. The molecule has 0 atom stereocenters. The smallest absolute Gasteiger partial charge is 0.337 e. The fourth-order valence-corrected chi connectivity index (χ4v) is 3.82. The molecule has 3 aromatic rings. The Kier molecular flexibility index (Phi) is 6.39. The molecule has 4 rings (SSSR count). The molecular weight excluding hydrogens is 426 g/mol. The Morgan fingerprint density at radius 2 is 1.91 bits per heavy atom. The molecule has 2 amide bonds. The van der Waals surface area contributed by atoms with E-state index in [1.165, 1.54) is 25.5 Å². The van der Waals surface area contributed by atoms with Gasteiger partial charge in [-0.25, -0.2) is 4.79 Å². The molecule has 2 heterocycles. The third-order valence-corrected chi connectivity index (χ3v) is 5.45. The molecule has 0 spiro atoms. The number of esters is 1. The number of carbonyl (C=O) groups is 3. The summed E-state index contributed by atoms with van der Waals surface area (Å²) in [5.74, 6) is -1.49. The molecule has 0 aliphatic heterocycles. The third kappa shape index (κ3) is 5.03. The number of H-pyrrole nitrogens is 1. The quantitative estimate of drug-likeness (QED) is 0.496. The second-order valence-electron chi connectivity index (χ2n) is 7.75. The molecule has 0 unspecified atom stereocenters. The van der Waals surface area contributed by atoms with Gasteiger partial charge in [0.25, 0.3) is 17.4 Å². The summed E-state index contributed by atoms with van der Waals surface area (Å²) >= 11 is 0. The fraction of sp³-hybridized carbons (Fsp3) is 0.250. The number of fused-ring (bicyclic) bond motifs is 1. The molecule has 0 saturated heterocycles. The van der Waals surface area contributed by atoms with Crippen LogP contribution in [0.3, 0.4) is 0 Å². The van der Waals surface area contributed by atoms with E-state index in [4.69, 9.17) is 9.15 Å². The summed E-state index contributed by atoms with van der Waals surface area (Å²) in [4.78, 5) is 52.3. The van der Waals surface area contributed by atoms with E-state index < -0.39 is 23.3 Å². The third-order valence-electron chi connectivity index (χ3n) is 5.45. The number of aryl methyl sites for hydroxylation is 2. The van der Waals surface area contributed by atoms with Crippen molar-refractivity contribution in [3.05, 3.63) is 86.7 Å². The lowest BCUT2D eigenvalue weighted by atomic mass is 9.95. The minimum atomic E-state index is -0.595. The number of hydrogen-bond donors (Lipinski definition) is 3. The van der Waals surface area contributed by atoms with Crippen LogP contribution in [0.1, 0.15) is 60.9 Å². The average Bonchev–Trinajstić information content (AvgIpc) is 3.36. The minimum Gasteiger partial charge on any atom is -0.465 e. The van der Waals surface area contributed by atoms with Gasteiger partial charge >= 0.3 is 5.97 Å². The molecule has 1 aliphatic carbocycles. The van der Waals surface area contributed by atoms with Crippen molar-refractivity contribution in [1.29, 1.82) is 0 Å². The van der Waals surface area contributed by atoms with Crippen LogP contribution in [0.15, 0.2) is 51.9 Å². The van der Waals surface area contributed by atoms with Crippen molar-refractivity contribution in [3.8, 4) is 0 Å². The maximum atomic E-state index is 12.7. The molecular formula is C24H23N3O6. The Morgan fingerprint density at radius 1 is 1.09 bits per heavy atom. The van der Waals surface area contributed by atoms with Gasteiger partial charge in [0.1, 0.15) is 5.56 Å². The molecule has 33 heavy (non-hydrogen) atoms. The van der Waals surface area contributed by atoms with Crippen molar-refractivity contribution < 1.29 is 23.5 Å². The predicted octanol–water partition coefficient (Wildman–Crippen LogP) is 2.82. The van der Waals surface area contributed by atoms with Crippen molar-refractivity contribution in [3.63, 3.8) is 0 Å². The summed E-state index contributed by atoms with van der Waals surface area (Å²) in [5, 5.41) is 5.37. The summed E-state index contributed by atoms with van der Waals surface area (Å²) in [6.45, 7) is 0.0316. The van der Waals surface area contributed by atoms with E-state index in [1.54, 1.807) is 24.3 Å². The summed E-state index contributed by atoms with van der Waals surface area (Å²) in [7, 11) is 1.25. The van der Waals surface area contributed by atoms with E-state index in [9.17, 15) is 19.2 Å². The molecule has 170 valence electrons. The lowest BCUT2D eigenvalue weighted by Gasteiger charge is -2.16. The van der Waals surface area contributed by atoms with Gasteiger partial charge in [0, 0.05) is 17.9 Å². The van der Waals surface area contributed by atoms with Crippen LogP contribution in [0.2, 0.25) is 0 Å². The maximum Gasteiger partial charge on any atom is 0.337 e. The van der Waals surface area contributed by atoms with Crippen LogP contribution in [-0.2, 0) is 24.1 Å². The van der Waals surface area contributed by atoms with Gasteiger partial charge in [-0.3, -0.25) is 14.4 Å². The first-order chi connectivity index (χ1) is 15.9. The van der Waals surface area contributed by atoms with Crippen molar-refractivity contribution in [2.45, 2.75) is 32.2 Å². The highest BCUT2D eigenvalue weighted by Gasteiger charge is 2.18. The normalized spacial score (nSPS) is 12.5. The Hall–Kier alpha value is -4.14. The largest absolute Gasteiger partial charge is 0.465 e. The first-order valence-corrected chi connectivity index (χ1v) is 10.5. The highest BCUT2D eigenvalue weighted by atomic mass is 16.5. The number of benzene rings is 1. The van der Waals surface area contributed by atoms with Gasteiger partial charge in [-0.1, -0.05) is 0 Å². The Morgan fingerprint density at radius 3 is 2.67 bits per heavy atom. The van der Waals surface area contributed by atoms with E-state index in [1.807, 2.05) is 0 Å². The topological polar surface area (TPSA) is 130 Å². The van der Waals surface area contributed by atoms with Gasteiger partial charge in [0.2, 0.25) is 0 Å². The molecule has 1 aliphatic rings. The lowest BCUT2D eigenvalue weighted by molar-refractivity contribution is 0.0600. The Bertz CT molecular complexity index is 1260. The minimum absolute atomic E-state index is 0.0316. The zero-order valence-corrected chi connectivity index (χ0v) is 18.0. The van der Waals surface area contributed by atoms with Crippen LogP contribution >= 0.6 is 0 Å². The molecule has 9 nitrogen and oxygen atoms in total. The second kappa shape index (κ2) is 9.56. The predicted molar refractivity (Wildman–Crippen MR) is 119 cm³/mol. The highest BCUT2D eigenvalue weighted by molar-refractivity contribution is 6.03. The van der Waals surface area contributed by atoms with E-state index in [0.717, 1.165) is 36.9 Å². The highest BCUT2D eigenvalue weighted by Crippen LogP contribution is 2.20. The maximum absolute atomic E-state index is 12.7. The number of amides is 2. The van der Waals surface area contributed by atoms with Crippen LogP contribution in [0, 0.1) is 0 Å². The van der Waals surface area contributed by atoms with Crippen LogP contribution in [0.5, 0.6) is 0 Å². The average molecular weight is 449 g/mol. The summed E-state index contributed by atoms with van der Waals surface area (Å²) < 4.78 is 9.87. The monoisotopic (exact) mass is 449 g/mol. The van der Waals surface area contributed by atoms with Gasteiger partial charge in [0.05, 0.1) is 18.9 Å². The van der Waals surface area contributed by atoms with Gasteiger partial charge in [-0.05, 0) is 73.2 Å². The standard InChI is InChI=1S/C24H23N3O6/c1-32-24(31)16-9-14(10-17(11-16)26-23(30)20-7-4-8-33-20)13-25-21(28)18-12-15-5-2-3-6-19(15)27-22(18)29/h4,7-12H,2-3,5-6,13H2,1H3,(H,25,28)(H,26,30)(H,27,29). The number of ether oxygens (including phenoxy) is 1. The van der Waals surface area contributed by atoms with Gasteiger partial charge in [-0.15, -0.1) is 0 Å². The number of aromatic amines is 1. The van der Waals surface area contributed by atoms with Crippen molar-refractivity contribution in [2.75, 3.05) is 12.4 Å². The second-order valence-corrected chi connectivity index (χ2v) is 7.75.